The first-order chi connectivity index (χ1) is 7.91. The zero-order valence-corrected chi connectivity index (χ0v) is 10.6. The van der Waals surface area contributed by atoms with E-state index in [1.54, 1.807) is 0 Å². The zero-order chi connectivity index (χ0) is 12.9. The largest absolute Gasteiger partial charge is 0.481 e. The number of urea groups is 1. The van der Waals surface area contributed by atoms with Gasteiger partial charge < -0.3 is 15.7 Å². The molecular weight excluding hydrogens is 220 g/mol. The Balaban J connectivity index is 2.26. The van der Waals surface area contributed by atoms with E-state index >= 15 is 0 Å². The van der Waals surface area contributed by atoms with Gasteiger partial charge in [-0.25, -0.2) is 4.79 Å². The van der Waals surface area contributed by atoms with Crippen LogP contribution in [0.15, 0.2) is 0 Å². The number of hydrogen-bond donors (Lipinski definition) is 3. The molecular formula is C12H22N2O3. The number of hydrogen-bond acceptors (Lipinski definition) is 2. The summed E-state index contributed by atoms with van der Waals surface area (Å²) in [6, 6.07) is -0.302. The lowest BCUT2D eigenvalue weighted by Crippen LogP contribution is -2.50. The number of carboxylic acid groups (broad SMARTS) is 1. The number of amides is 2. The van der Waals surface area contributed by atoms with Gasteiger partial charge in [0.25, 0.3) is 0 Å². The molecule has 0 radical (unpaired) electrons. The molecule has 3 N–H and O–H groups in total. The summed E-state index contributed by atoms with van der Waals surface area (Å²) in [5, 5.41) is 14.3. The number of carbonyl (C=O) groups is 2. The van der Waals surface area contributed by atoms with E-state index in [0.717, 1.165) is 25.7 Å². The van der Waals surface area contributed by atoms with Crippen LogP contribution in [0.4, 0.5) is 4.79 Å². The van der Waals surface area contributed by atoms with E-state index in [-0.39, 0.29) is 24.0 Å². The maximum absolute atomic E-state index is 11.7. The number of carbonyl (C=O) groups excluding carboxylic acids is 1. The molecule has 0 spiro atoms. The highest BCUT2D eigenvalue weighted by Crippen LogP contribution is 2.28. The summed E-state index contributed by atoms with van der Waals surface area (Å²) in [6.07, 6.45) is 4.89. The van der Waals surface area contributed by atoms with E-state index in [1.807, 2.05) is 6.92 Å². The predicted octanol–water partition coefficient (Wildman–Crippen LogP) is 1.87. The third-order valence-corrected chi connectivity index (χ3v) is 3.29. The molecule has 1 saturated carbocycles. The average molecular weight is 242 g/mol. The van der Waals surface area contributed by atoms with Crippen LogP contribution in [0.1, 0.15) is 52.4 Å². The molecule has 5 heteroatoms. The van der Waals surface area contributed by atoms with Crippen molar-refractivity contribution >= 4 is 12.0 Å². The van der Waals surface area contributed by atoms with Crippen LogP contribution < -0.4 is 10.6 Å². The summed E-state index contributed by atoms with van der Waals surface area (Å²) in [5.41, 5.74) is -0.0867. The standard InChI is InChI=1S/C12H22N2O3/c1-9(5-6-10(15)16)13-11(17)14-12(2)7-3-4-8-12/h9H,3-8H2,1-2H3,(H,15,16)(H2,13,14,17). The molecule has 17 heavy (non-hydrogen) atoms. The molecule has 2 amide bonds. The van der Waals surface area contributed by atoms with E-state index in [2.05, 4.69) is 17.6 Å². The highest BCUT2D eigenvalue weighted by atomic mass is 16.4. The van der Waals surface area contributed by atoms with Crippen molar-refractivity contribution in [3.8, 4) is 0 Å². The first kappa shape index (κ1) is 13.8. The summed E-state index contributed by atoms with van der Waals surface area (Å²) >= 11 is 0. The second-order valence-electron chi connectivity index (χ2n) is 5.20. The highest BCUT2D eigenvalue weighted by Gasteiger charge is 2.30. The van der Waals surface area contributed by atoms with Crippen molar-refractivity contribution in [2.24, 2.45) is 0 Å². The van der Waals surface area contributed by atoms with Gasteiger partial charge in [0.05, 0.1) is 0 Å². The van der Waals surface area contributed by atoms with Crippen LogP contribution in [0.5, 0.6) is 0 Å². The SMILES string of the molecule is CC(CCC(=O)O)NC(=O)NC1(C)CCCC1. The molecule has 1 rings (SSSR count). The van der Waals surface area contributed by atoms with E-state index in [1.165, 1.54) is 0 Å². The Morgan fingerprint density at radius 2 is 1.94 bits per heavy atom. The molecule has 1 aliphatic carbocycles. The van der Waals surface area contributed by atoms with Crippen molar-refractivity contribution < 1.29 is 14.7 Å². The van der Waals surface area contributed by atoms with Gasteiger partial charge in [0.2, 0.25) is 0 Å². The summed E-state index contributed by atoms with van der Waals surface area (Å²) in [5.74, 6) is -0.832. The van der Waals surface area contributed by atoms with Crippen molar-refractivity contribution in [3.63, 3.8) is 0 Å². The lowest BCUT2D eigenvalue weighted by molar-refractivity contribution is -0.137. The minimum atomic E-state index is -0.832. The van der Waals surface area contributed by atoms with Crippen LogP contribution in [-0.2, 0) is 4.79 Å². The lowest BCUT2D eigenvalue weighted by atomic mass is 10.0. The van der Waals surface area contributed by atoms with Gasteiger partial charge in [-0.05, 0) is 33.1 Å². The molecule has 98 valence electrons. The van der Waals surface area contributed by atoms with E-state index in [9.17, 15) is 9.59 Å². The van der Waals surface area contributed by atoms with E-state index in [0.29, 0.717) is 6.42 Å². The fourth-order valence-electron chi connectivity index (χ4n) is 2.23. The van der Waals surface area contributed by atoms with Gasteiger partial charge in [0.1, 0.15) is 0 Å². The monoisotopic (exact) mass is 242 g/mol. The predicted molar refractivity (Wildman–Crippen MR) is 64.9 cm³/mol. The van der Waals surface area contributed by atoms with Gasteiger partial charge in [-0.3, -0.25) is 4.79 Å². The van der Waals surface area contributed by atoms with E-state index < -0.39 is 5.97 Å². The van der Waals surface area contributed by atoms with Crippen molar-refractivity contribution in [2.75, 3.05) is 0 Å². The van der Waals surface area contributed by atoms with Gasteiger partial charge >= 0.3 is 12.0 Å². The molecule has 5 nitrogen and oxygen atoms in total. The Kier molecular flexibility index (Phi) is 4.78. The minimum Gasteiger partial charge on any atom is -0.481 e. The second-order valence-corrected chi connectivity index (χ2v) is 5.20. The van der Waals surface area contributed by atoms with Crippen LogP contribution in [-0.4, -0.2) is 28.7 Å². The van der Waals surface area contributed by atoms with Gasteiger partial charge in [0, 0.05) is 18.0 Å². The Morgan fingerprint density at radius 3 is 2.47 bits per heavy atom. The molecule has 0 aromatic heterocycles. The molecule has 0 aliphatic heterocycles. The minimum absolute atomic E-state index is 0.0821. The molecule has 1 atom stereocenters. The van der Waals surface area contributed by atoms with E-state index in [4.69, 9.17) is 5.11 Å². The normalized spacial score (nSPS) is 19.6. The third-order valence-electron chi connectivity index (χ3n) is 3.29. The number of rotatable bonds is 5. The maximum Gasteiger partial charge on any atom is 0.315 e. The Labute approximate surface area is 102 Å². The first-order valence-corrected chi connectivity index (χ1v) is 6.22. The number of aliphatic carboxylic acids is 1. The molecule has 0 aromatic rings. The topological polar surface area (TPSA) is 78.4 Å². The molecule has 1 fully saturated rings. The van der Waals surface area contributed by atoms with Crippen LogP contribution in [0, 0.1) is 0 Å². The summed E-state index contributed by atoms with van der Waals surface area (Å²) < 4.78 is 0. The molecule has 0 aromatic carbocycles. The molecule has 1 unspecified atom stereocenters. The van der Waals surface area contributed by atoms with Crippen molar-refractivity contribution in [1.29, 1.82) is 0 Å². The lowest BCUT2D eigenvalue weighted by Gasteiger charge is -2.26. The van der Waals surface area contributed by atoms with Crippen LogP contribution in [0.2, 0.25) is 0 Å². The Bertz CT molecular complexity index is 285. The summed E-state index contributed by atoms with van der Waals surface area (Å²) in [6.45, 7) is 3.88. The van der Waals surface area contributed by atoms with Gasteiger partial charge in [0.15, 0.2) is 0 Å². The van der Waals surface area contributed by atoms with Crippen molar-refractivity contribution in [1.82, 2.24) is 10.6 Å². The summed E-state index contributed by atoms with van der Waals surface area (Å²) in [4.78, 5) is 22.1. The molecule has 0 bridgehead atoms. The maximum atomic E-state index is 11.7. The Morgan fingerprint density at radius 1 is 1.35 bits per heavy atom. The molecule has 0 heterocycles. The molecule has 0 saturated heterocycles. The highest BCUT2D eigenvalue weighted by molar-refractivity contribution is 5.75. The van der Waals surface area contributed by atoms with Gasteiger partial charge in [-0.15, -0.1) is 0 Å². The Hall–Kier alpha value is -1.26. The first-order valence-electron chi connectivity index (χ1n) is 6.22. The molecule has 1 aliphatic rings. The fraction of sp³-hybridized carbons (Fsp3) is 0.833. The smallest absolute Gasteiger partial charge is 0.315 e. The quantitative estimate of drug-likeness (QED) is 0.688. The average Bonchev–Trinajstić information content (AvgIpc) is 2.61. The van der Waals surface area contributed by atoms with Gasteiger partial charge in [-0.1, -0.05) is 12.8 Å². The van der Waals surface area contributed by atoms with Crippen molar-refractivity contribution in [2.45, 2.75) is 64.0 Å². The van der Waals surface area contributed by atoms with Crippen LogP contribution in [0.25, 0.3) is 0 Å². The van der Waals surface area contributed by atoms with Crippen molar-refractivity contribution in [3.05, 3.63) is 0 Å². The van der Waals surface area contributed by atoms with Crippen LogP contribution >= 0.6 is 0 Å². The zero-order valence-electron chi connectivity index (χ0n) is 10.6. The van der Waals surface area contributed by atoms with Crippen LogP contribution in [0.3, 0.4) is 0 Å². The number of carboxylic acids is 1. The fourth-order valence-corrected chi connectivity index (χ4v) is 2.23. The second kappa shape index (κ2) is 5.89. The summed E-state index contributed by atoms with van der Waals surface area (Å²) in [7, 11) is 0. The third kappa shape index (κ3) is 5.06. The van der Waals surface area contributed by atoms with Gasteiger partial charge in [-0.2, -0.15) is 0 Å². The number of nitrogens with one attached hydrogen (secondary N) is 2.